The first-order valence-electron chi connectivity index (χ1n) is 6.70. The number of thiazole rings is 1. The van der Waals surface area contributed by atoms with E-state index in [0.29, 0.717) is 12.3 Å². The van der Waals surface area contributed by atoms with Gasteiger partial charge in [0.05, 0.1) is 16.0 Å². The highest BCUT2D eigenvalue weighted by Gasteiger charge is 2.07. The van der Waals surface area contributed by atoms with Crippen LogP contribution >= 0.6 is 23.1 Å². The summed E-state index contributed by atoms with van der Waals surface area (Å²) in [6.07, 6.45) is 0. The van der Waals surface area contributed by atoms with Crippen LogP contribution < -0.4 is 5.32 Å². The Balaban J connectivity index is 1.51. The van der Waals surface area contributed by atoms with Gasteiger partial charge in [0.1, 0.15) is 5.82 Å². The molecule has 3 nitrogen and oxygen atoms in total. The van der Waals surface area contributed by atoms with Crippen LogP contribution in [-0.2, 0) is 11.3 Å². The number of nitrogens with one attached hydrogen (secondary N) is 1. The number of thioether (sulfide) groups is 1. The first-order valence-corrected chi connectivity index (χ1v) is 8.50. The molecule has 22 heavy (non-hydrogen) atoms. The van der Waals surface area contributed by atoms with Gasteiger partial charge in [-0.15, -0.1) is 11.3 Å². The van der Waals surface area contributed by atoms with Gasteiger partial charge >= 0.3 is 0 Å². The number of fused-ring (bicyclic) bond motifs is 1. The van der Waals surface area contributed by atoms with Gasteiger partial charge in [0.2, 0.25) is 5.91 Å². The molecule has 3 rings (SSSR count). The number of halogens is 1. The van der Waals surface area contributed by atoms with E-state index in [1.54, 1.807) is 23.5 Å². The number of aromatic nitrogens is 1. The van der Waals surface area contributed by atoms with Crippen molar-refractivity contribution in [2.45, 2.75) is 10.9 Å². The fraction of sp³-hybridized carbons (Fsp3) is 0.125. The average Bonchev–Trinajstić information content (AvgIpc) is 2.94. The summed E-state index contributed by atoms with van der Waals surface area (Å²) >= 11 is 2.99. The lowest BCUT2D eigenvalue weighted by Gasteiger charge is -2.04. The van der Waals surface area contributed by atoms with E-state index in [1.807, 2.05) is 24.3 Å². The van der Waals surface area contributed by atoms with Crippen molar-refractivity contribution < 1.29 is 9.18 Å². The van der Waals surface area contributed by atoms with Crippen LogP contribution in [0.2, 0.25) is 0 Å². The van der Waals surface area contributed by atoms with Crippen molar-refractivity contribution in [3.8, 4) is 0 Å². The monoisotopic (exact) mass is 332 g/mol. The zero-order valence-corrected chi connectivity index (χ0v) is 13.2. The first kappa shape index (κ1) is 15.0. The van der Waals surface area contributed by atoms with E-state index >= 15 is 0 Å². The van der Waals surface area contributed by atoms with E-state index in [0.717, 1.165) is 20.1 Å². The van der Waals surface area contributed by atoms with Crippen molar-refractivity contribution in [2.75, 3.05) is 5.75 Å². The van der Waals surface area contributed by atoms with Crippen LogP contribution in [0.5, 0.6) is 0 Å². The Hall–Kier alpha value is -1.92. The largest absolute Gasteiger partial charge is 0.351 e. The van der Waals surface area contributed by atoms with E-state index in [4.69, 9.17) is 0 Å². The normalized spacial score (nSPS) is 10.8. The molecule has 3 aromatic rings. The topological polar surface area (TPSA) is 42.0 Å². The maximum absolute atomic E-state index is 13.0. The molecule has 0 aliphatic rings. The van der Waals surface area contributed by atoms with Crippen LogP contribution in [0.1, 0.15) is 5.56 Å². The van der Waals surface area contributed by atoms with E-state index in [-0.39, 0.29) is 11.7 Å². The summed E-state index contributed by atoms with van der Waals surface area (Å²) in [6.45, 7) is 0.330. The summed E-state index contributed by atoms with van der Waals surface area (Å²) in [4.78, 5) is 16.3. The van der Waals surface area contributed by atoms with Crippen LogP contribution in [0.25, 0.3) is 10.2 Å². The molecule has 1 aromatic heterocycles. The van der Waals surface area contributed by atoms with E-state index < -0.39 is 0 Å². The van der Waals surface area contributed by atoms with Gasteiger partial charge in [0.25, 0.3) is 0 Å². The highest BCUT2D eigenvalue weighted by atomic mass is 32.2. The SMILES string of the molecule is O=C(CSc1nc2ccccc2s1)NCc1cccc(F)c1. The first-order chi connectivity index (χ1) is 10.7. The second-order valence-corrected chi connectivity index (χ2v) is 6.90. The molecule has 0 unspecified atom stereocenters. The summed E-state index contributed by atoms with van der Waals surface area (Å²) < 4.78 is 15.0. The molecule has 0 aliphatic heterocycles. The molecular formula is C16H13FN2OS2. The number of nitrogens with zero attached hydrogens (tertiary/aromatic N) is 1. The Morgan fingerprint density at radius 3 is 2.91 bits per heavy atom. The van der Waals surface area contributed by atoms with Gasteiger partial charge < -0.3 is 5.32 Å². The molecule has 2 aromatic carbocycles. The van der Waals surface area contributed by atoms with Gasteiger partial charge in [-0.1, -0.05) is 36.0 Å². The minimum absolute atomic E-state index is 0.0893. The average molecular weight is 332 g/mol. The van der Waals surface area contributed by atoms with Gasteiger partial charge in [0, 0.05) is 6.54 Å². The maximum atomic E-state index is 13.0. The zero-order chi connectivity index (χ0) is 15.4. The Kier molecular flexibility index (Phi) is 4.70. The minimum atomic E-state index is -0.296. The van der Waals surface area contributed by atoms with Crippen LogP contribution in [-0.4, -0.2) is 16.6 Å². The van der Waals surface area contributed by atoms with Crippen molar-refractivity contribution in [3.05, 3.63) is 59.9 Å². The molecule has 0 saturated carbocycles. The fourth-order valence-electron chi connectivity index (χ4n) is 1.94. The van der Waals surface area contributed by atoms with Crippen molar-refractivity contribution in [1.82, 2.24) is 10.3 Å². The van der Waals surface area contributed by atoms with Gasteiger partial charge in [-0.05, 0) is 29.8 Å². The molecule has 0 aliphatic carbocycles. The van der Waals surface area contributed by atoms with Crippen LogP contribution in [0.15, 0.2) is 52.9 Å². The zero-order valence-electron chi connectivity index (χ0n) is 11.6. The van der Waals surface area contributed by atoms with Gasteiger partial charge in [-0.25, -0.2) is 9.37 Å². The number of benzene rings is 2. The van der Waals surface area contributed by atoms with Crippen molar-refractivity contribution in [2.24, 2.45) is 0 Å². The third-order valence-corrected chi connectivity index (χ3v) is 5.16. The van der Waals surface area contributed by atoms with Crippen molar-refractivity contribution >= 4 is 39.2 Å². The molecule has 0 radical (unpaired) electrons. The molecule has 112 valence electrons. The van der Waals surface area contributed by atoms with Gasteiger partial charge in [0.15, 0.2) is 4.34 Å². The summed E-state index contributed by atoms with van der Waals surface area (Å²) in [5.41, 5.74) is 1.70. The number of carbonyl (C=O) groups excluding carboxylic acids is 1. The van der Waals surface area contributed by atoms with E-state index in [9.17, 15) is 9.18 Å². The minimum Gasteiger partial charge on any atom is -0.351 e. The quantitative estimate of drug-likeness (QED) is 0.722. The number of hydrogen-bond donors (Lipinski definition) is 1. The number of rotatable bonds is 5. The lowest BCUT2D eigenvalue weighted by atomic mass is 10.2. The number of carbonyl (C=O) groups is 1. The number of hydrogen-bond acceptors (Lipinski definition) is 4. The van der Waals surface area contributed by atoms with Gasteiger partial charge in [-0.3, -0.25) is 4.79 Å². The fourth-order valence-corrected chi connectivity index (χ4v) is 3.84. The molecule has 0 atom stereocenters. The molecule has 0 saturated heterocycles. The summed E-state index contributed by atoms with van der Waals surface area (Å²) in [7, 11) is 0. The lowest BCUT2D eigenvalue weighted by molar-refractivity contribution is -0.118. The molecular weight excluding hydrogens is 319 g/mol. The third-order valence-electron chi connectivity index (χ3n) is 2.98. The number of para-hydroxylation sites is 1. The second kappa shape index (κ2) is 6.89. The number of amides is 1. The molecule has 0 spiro atoms. The highest BCUT2D eigenvalue weighted by Crippen LogP contribution is 2.28. The Labute approximate surface area is 135 Å². The molecule has 6 heteroatoms. The smallest absolute Gasteiger partial charge is 0.230 e. The Morgan fingerprint density at radius 1 is 1.23 bits per heavy atom. The van der Waals surface area contributed by atoms with Crippen molar-refractivity contribution in [1.29, 1.82) is 0 Å². The van der Waals surface area contributed by atoms with Gasteiger partial charge in [-0.2, -0.15) is 0 Å². The van der Waals surface area contributed by atoms with Crippen LogP contribution in [0, 0.1) is 5.82 Å². The summed E-state index contributed by atoms with van der Waals surface area (Å²) in [6, 6.07) is 14.1. The molecule has 1 amide bonds. The van der Waals surface area contributed by atoms with E-state index in [1.165, 1.54) is 23.9 Å². The van der Waals surface area contributed by atoms with Crippen LogP contribution in [0.4, 0.5) is 4.39 Å². The predicted octanol–water partition coefficient (Wildman–Crippen LogP) is 3.84. The van der Waals surface area contributed by atoms with Crippen LogP contribution in [0.3, 0.4) is 0 Å². The summed E-state index contributed by atoms with van der Waals surface area (Å²) in [5.74, 6) is -0.0843. The molecule has 0 fully saturated rings. The molecule has 1 heterocycles. The maximum Gasteiger partial charge on any atom is 0.230 e. The predicted molar refractivity (Wildman–Crippen MR) is 88.6 cm³/mol. The van der Waals surface area contributed by atoms with Crippen molar-refractivity contribution in [3.63, 3.8) is 0 Å². The summed E-state index contributed by atoms with van der Waals surface area (Å²) in [5, 5.41) is 2.78. The Bertz CT molecular complexity index is 770. The second-order valence-electron chi connectivity index (χ2n) is 4.64. The third kappa shape index (κ3) is 3.84. The Morgan fingerprint density at radius 2 is 2.09 bits per heavy atom. The highest BCUT2D eigenvalue weighted by molar-refractivity contribution is 8.01. The lowest BCUT2D eigenvalue weighted by Crippen LogP contribution is -2.24. The standard InChI is InChI=1S/C16H13FN2OS2/c17-12-5-3-4-11(8-12)9-18-15(20)10-21-16-19-13-6-1-2-7-14(13)22-16/h1-8H,9-10H2,(H,18,20). The molecule has 0 bridgehead atoms. The van der Waals surface area contributed by atoms with E-state index in [2.05, 4.69) is 10.3 Å². The molecule has 1 N–H and O–H groups in total.